The van der Waals surface area contributed by atoms with Gasteiger partial charge in [-0.25, -0.2) is 9.37 Å². The normalized spacial score (nSPS) is 16.0. The SMILES string of the molecule is COCc1nsc(N2CCN(Cc3cccc(Br)c3F)CC2)n1. The topological polar surface area (TPSA) is 41.5 Å². The maximum absolute atomic E-state index is 14.1. The monoisotopic (exact) mass is 400 g/mol. The first-order valence-corrected chi connectivity index (χ1v) is 8.95. The fourth-order valence-corrected chi connectivity index (χ4v) is 3.70. The van der Waals surface area contributed by atoms with Crippen LogP contribution < -0.4 is 4.90 Å². The molecule has 1 aromatic heterocycles. The summed E-state index contributed by atoms with van der Waals surface area (Å²) < 4.78 is 23.9. The lowest BCUT2D eigenvalue weighted by Crippen LogP contribution is -2.46. The van der Waals surface area contributed by atoms with E-state index < -0.39 is 0 Å². The van der Waals surface area contributed by atoms with Crippen molar-refractivity contribution in [2.24, 2.45) is 0 Å². The highest BCUT2D eigenvalue weighted by Crippen LogP contribution is 2.22. The van der Waals surface area contributed by atoms with E-state index in [1.54, 1.807) is 13.2 Å². The zero-order valence-corrected chi connectivity index (χ0v) is 15.2. The van der Waals surface area contributed by atoms with Crippen molar-refractivity contribution in [3.63, 3.8) is 0 Å². The molecule has 1 aromatic carbocycles. The van der Waals surface area contributed by atoms with Crippen LogP contribution in [0.25, 0.3) is 0 Å². The zero-order chi connectivity index (χ0) is 16.2. The van der Waals surface area contributed by atoms with Crippen LogP contribution in [-0.4, -0.2) is 47.5 Å². The second-order valence-electron chi connectivity index (χ2n) is 5.40. The van der Waals surface area contributed by atoms with Crippen molar-refractivity contribution in [1.29, 1.82) is 0 Å². The minimum atomic E-state index is -0.164. The van der Waals surface area contributed by atoms with E-state index in [9.17, 15) is 4.39 Å². The van der Waals surface area contributed by atoms with Crippen LogP contribution in [0.4, 0.5) is 9.52 Å². The van der Waals surface area contributed by atoms with Crippen LogP contribution in [0.15, 0.2) is 22.7 Å². The number of benzene rings is 1. The van der Waals surface area contributed by atoms with Crippen LogP contribution in [0.5, 0.6) is 0 Å². The standard InChI is InChI=1S/C15H18BrFN4OS/c1-22-10-13-18-15(23-19-13)21-7-5-20(6-8-21)9-11-3-2-4-12(16)14(11)17/h2-4H,5-10H2,1H3. The van der Waals surface area contributed by atoms with E-state index in [-0.39, 0.29) is 5.82 Å². The summed E-state index contributed by atoms with van der Waals surface area (Å²) >= 11 is 4.65. The van der Waals surface area contributed by atoms with E-state index in [1.165, 1.54) is 11.5 Å². The summed E-state index contributed by atoms with van der Waals surface area (Å²) in [5.41, 5.74) is 0.728. The van der Waals surface area contributed by atoms with Gasteiger partial charge in [0.2, 0.25) is 5.13 Å². The minimum absolute atomic E-state index is 0.164. The molecule has 1 fully saturated rings. The van der Waals surface area contributed by atoms with Gasteiger partial charge < -0.3 is 9.64 Å². The molecule has 0 saturated carbocycles. The summed E-state index contributed by atoms with van der Waals surface area (Å²) in [5.74, 6) is 0.564. The van der Waals surface area contributed by atoms with E-state index in [4.69, 9.17) is 4.74 Å². The molecular formula is C15H18BrFN4OS. The lowest BCUT2D eigenvalue weighted by molar-refractivity contribution is 0.179. The maximum atomic E-state index is 14.1. The van der Waals surface area contributed by atoms with Crippen molar-refractivity contribution < 1.29 is 9.13 Å². The minimum Gasteiger partial charge on any atom is -0.377 e. The predicted molar refractivity (Wildman–Crippen MR) is 92.2 cm³/mol. The smallest absolute Gasteiger partial charge is 0.205 e. The van der Waals surface area contributed by atoms with Gasteiger partial charge >= 0.3 is 0 Å². The van der Waals surface area contributed by atoms with Gasteiger partial charge in [-0.1, -0.05) is 12.1 Å². The first-order chi connectivity index (χ1) is 11.2. The van der Waals surface area contributed by atoms with Crippen LogP contribution in [-0.2, 0) is 17.9 Å². The second kappa shape index (κ2) is 7.65. The Hall–Kier alpha value is -1.09. The lowest BCUT2D eigenvalue weighted by atomic mass is 10.2. The Kier molecular flexibility index (Phi) is 5.58. The first-order valence-electron chi connectivity index (χ1n) is 7.39. The number of hydrogen-bond acceptors (Lipinski definition) is 6. The molecule has 8 heteroatoms. The van der Waals surface area contributed by atoms with Gasteiger partial charge in [0.15, 0.2) is 5.82 Å². The van der Waals surface area contributed by atoms with Crippen molar-refractivity contribution in [2.45, 2.75) is 13.2 Å². The van der Waals surface area contributed by atoms with Gasteiger partial charge in [-0.15, -0.1) is 0 Å². The fraction of sp³-hybridized carbons (Fsp3) is 0.467. The molecule has 1 saturated heterocycles. The summed E-state index contributed by atoms with van der Waals surface area (Å²) in [6.07, 6.45) is 0. The molecule has 5 nitrogen and oxygen atoms in total. The average Bonchev–Trinajstić information content (AvgIpc) is 3.02. The van der Waals surface area contributed by atoms with Crippen molar-refractivity contribution in [3.8, 4) is 0 Å². The highest BCUT2D eigenvalue weighted by atomic mass is 79.9. The van der Waals surface area contributed by atoms with E-state index >= 15 is 0 Å². The highest BCUT2D eigenvalue weighted by Gasteiger charge is 2.21. The number of hydrogen-bond donors (Lipinski definition) is 0. The van der Waals surface area contributed by atoms with Crippen LogP contribution in [0.3, 0.4) is 0 Å². The van der Waals surface area contributed by atoms with Gasteiger partial charge in [0.1, 0.15) is 12.4 Å². The molecular weight excluding hydrogens is 383 g/mol. The van der Waals surface area contributed by atoms with Crippen LogP contribution in [0.1, 0.15) is 11.4 Å². The van der Waals surface area contributed by atoms with Gasteiger partial charge in [0.25, 0.3) is 0 Å². The summed E-state index contributed by atoms with van der Waals surface area (Å²) in [6.45, 7) is 4.58. The van der Waals surface area contributed by atoms with Crippen LogP contribution in [0, 0.1) is 5.82 Å². The summed E-state index contributed by atoms with van der Waals surface area (Å²) in [5, 5.41) is 0.935. The van der Waals surface area contributed by atoms with Crippen LogP contribution >= 0.6 is 27.5 Å². The van der Waals surface area contributed by atoms with E-state index in [2.05, 4.69) is 35.1 Å². The summed E-state index contributed by atoms with van der Waals surface area (Å²) in [4.78, 5) is 8.97. The molecule has 0 bridgehead atoms. The number of aromatic nitrogens is 2. The molecule has 2 heterocycles. The number of rotatable bonds is 5. The lowest BCUT2D eigenvalue weighted by Gasteiger charge is -2.34. The molecule has 124 valence electrons. The summed E-state index contributed by atoms with van der Waals surface area (Å²) in [7, 11) is 1.64. The molecule has 0 radical (unpaired) electrons. The number of halogens is 2. The largest absolute Gasteiger partial charge is 0.377 e. The number of piperazine rings is 1. The summed E-state index contributed by atoms with van der Waals surface area (Å²) in [6, 6.07) is 5.44. The molecule has 23 heavy (non-hydrogen) atoms. The number of nitrogens with zero attached hydrogens (tertiary/aromatic N) is 4. The predicted octanol–water partition coefficient (Wildman–Crippen LogP) is 2.91. The zero-order valence-electron chi connectivity index (χ0n) is 12.8. The molecule has 2 aromatic rings. The van der Waals surface area contributed by atoms with Crippen molar-refractivity contribution in [1.82, 2.24) is 14.3 Å². The van der Waals surface area contributed by atoms with E-state index in [1.807, 2.05) is 12.1 Å². The number of methoxy groups -OCH3 is 1. The van der Waals surface area contributed by atoms with Gasteiger partial charge in [0.05, 0.1) is 4.47 Å². The Labute approximate surface area is 147 Å². The molecule has 0 unspecified atom stereocenters. The molecule has 3 rings (SSSR count). The third kappa shape index (κ3) is 4.06. The molecule has 1 aliphatic rings. The van der Waals surface area contributed by atoms with Crippen molar-refractivity contribution in [2.75, 3.05) is 38.2 Å². The maximum Gasteiger partial charge on any atom is 0.205 e. The molecule has 0 atom stereocenters. The Bertz CT molecular complexity index is 661. The van der Waals surface area contributed by atoms with Gasteiger partial charge in [-0.2, -0.15) is 4.37 Å². The molecule has 0 N–H and O–H groups in total. The van der Waals surface area contributed by atoms with Crippen molar-refractivity contribution >= 4 is 32.6 Å². The highest BCUT2D eigenvalue weighted by molar-refractivity contribution is 9.10. The Morgan fingerprint density at radius 1 is 1.30 bits per heavy atom. The molecule has 1 aliphatic heterocycles. The molecule has 0 amide bonds. The van der Waals surface area contributed by atoms with E-state index in [0.717, 1.165) is 42.7 Å². The Morgan fingerprint density at radius 2 is 2.09 bits per heavy atom. The third-order valence-electron chi connectivity index (χ3n) is 3.80. The van der Waals surface area contributed by atoms with Crippen LogP contribution in [0.2, 0.25) is 0 Å². The van der Waals surface area contributed by atoms with Crippen molar-refractivity contribution in [3.05, 3.63) is 39.9 Å². The van der Waals surface area contributed by atoms with Gasteiger partial charge in [-0.05, 0) is 22.0 Å². The average molecular weight is 401 g/mol. The fourth-order valence-electron chi connectivity index (χ4n) is 2.57. The van der Waals surface area contributed by atoms with E-state index in [0.29, 0.717) is 17.6 Å². The quantitative estimate of drug-likeness (QED) is 0.771. The number of anilines is 1. The second-order valence-corrected chi connectivity index (χ2v) is 6.99. The molecule has 0 spiro atoms. The van der Waals surface area contributed by atoms with Gasteiger partial charge in [0, 0.05) is 56.9 Å². The Balaban J connectivity index is 1.56. The number of ether oxygens (including phenoxy) is 1. The Morgan fingerprint density at radius 3 is 2.83 bits per heavy atom. The first kappa shape index (κ1) is 16.8. The third-order valence-corrected chi connectivity index (χ3v) is 5.23. The molecule has 0 aliphatic carbocycles. The van der Waals surface area contributed by atoms with Gasteiger partial charge in [-0.3, -0.25) is 4.90 Å².